The van der Waals surface area contributed by atoms with Crippen LogP contribution in [0.4, 0.5) is 0 Å². The van der Waals surface area contributed by atoms with E-state index in [0.29, 0.717) is 6.04 Å². The minimum atomic E-state index is 0.312. The van der Waals surface area contributed by atoms with Crippen LogP contribution < -0.4 is 5.32 Å². The van der Waals surface area contributed by atoms with Crippen molar-refractivity contribution in [1.82, 2.24) is 10.3 Å². The smallest absolute Gasteiger partial charge is 0.0702 e. The molecule has 0 radical (unpaired) electrons. The molecule has 0 saturated carbocycles. The molecule has 0 aliphatic heterocycles. The van der Waals surface area contributed by atoms with Crippen LogP contribution in [0.15, 0.2) is 53.4 Å². The lowest BCUT2D eigenvalue weighted by molar-refractivity contribution is 0.592. The van der Waals surface area contributed by atoms with Gasteiger partial charge in [-0.2, -0.15) is 11.3 Å². The average Bonchev–Trinajstić information content (AvgIpc) is 2.97. The summed E-state index contributed by atoms with van der Waals surface area (Å²) in [5.74, 6) is 0. The Balaban J connectivity index is 1.92. The maximum Gasteiger partial charge on any atom is 0.0702 e. The molecule has 19 heavy (non-hydrogen) atoms. The SMILES string of the molecule is CNC(Cc1ccsc1)c1cnc2ccccc2c1. The van der Waals surface area contributed by atoms with Crippen molar-refractivity contribution < 1.29 is 0 Å². The second-order valence-electron chi connectivity index (χ2n) is 4.64. The van der Waals surface area contributed by atoms with Gasteiger partial charge in [0.15, 0.2) is 0 Å². The highest BCUT2D eigenvalue weighted by Crippen LogP contribution is 2.22. The van der Waals surface area contributed by atoms with Gasteiger partial charge in [-0.3, -0.25) is 4.98 Å². The van der Waals surface area contributed by atoms with Gasteiger partial charge in [-0.15, -0.1) is 0 Å². The molecule has 3 aromatic rings. The number of hydrogen-bond donors (Lipinski definition) is 1. The molecule has 0 bridgehead atoms. The van der Waals surface area contributed by atoms with Crippen molar-refractivity contribution in [3.63, 3.8) is 0 Å². The fraction of sp³-hybridized carbons (Fsp3) is 0.188. The third-order valence-electron chi connectivity index (χ3n) is 3.38. The van der Waals surface area contributed by atoms with E-state index in [9.17, 15) is 0 Å². The predicted octanol–water partition coefficient (Wildman–Crippen LogP) is 3.80. The number of hydrogen-bond acceptors (Lipinski definition) is 3. The summed E-state index contributed by atoms with van der Waals surface area (Å²) in [5, 5.41) is 8.92. The molecule has 1 N–H and O–H groups in total. The number of likely N-dealkylation sites (N-methyl/N-ethyl adjacent to an activating group) is 1. The Kier molecular flexibility index (Phi) is 3.58. The predicted molar refractivity (Wildman–Crippen MR) is 81.6 cm³/mol. The van der Waals surface area contributed by atoms with Crippen molar-refractivity contribution in [2.75, 3.05) is 7.05 Å². The Morgan fingerprint density at radius 1 is 1.26 bits per heavy atom. The van der Waals surface area contributed by atoms with Gasteiger partial charge in [0.05, 0.1) is 5.52 Å². The van der Waals surface area contributed by atoms with Gasteiger partial charge in [-0.25, -0.2) is 0 Å². The van der Waals surface area contributed by atoms with Crippen LogP contribution in [0, 0.1) is 0 Å². The van der Waals surface area contributed by atoms with Crippen molar-refractivity contribution in [2.24, 2.45) is 0 Å². The molecule has 0 fully saturated rings. The molecular weight excluding hydrogens is 252 g/mol. The number of benzene rings is 1. The minimum Gasteiger partial charge on any atom is -0.313 e. The fourth-order valence-corrected chi connectivity index (χ4v) is 2.99. The van der Waals surface area contributed by atoms with Crippen LogP contribution in [-0.2, 0) is 6.42 Å². The van der Waals surface area contributed by atoms with Crippen molar-refractivity contribution in [3.05, 3.63) is 64.5 Å². The molecule has 2 aromatic heterocycles. The second-order valence-corrected chi connectivity index (χ2v) is 5.42. The van der Waals surface area contributed by atoms with E-state index in [0.717, 1.165) is 11.9 Å². The zero-order valence-electron chi connectivity index (χ0n) is 10.8. The zero-order chi connectivity index (χ0) is 13.1. The summed E-state index contributed by atoms with van der Waals surface area (Å²) in [6, 6.07) is 13.0. The molecule has 1 aromatic carbocycles. The zero-order valence-corrected chi connectivity index (χ0v) is 11.7. The van der Waals surface area contributed by atoms with E-state index in [4.69, 9.17) is 0 Å². The quantitative estimate of drug-likeness (QED) is 0.778. The Labute approximate surface area is 117 Å². The van der Waals surface area contributed by atoms with E-state index in [1.165, 1.54) is 16.5 Å². The number of para-hydroxylation sites is 1. The second kappa shape index (κ2) is 5.51. The first-order valence-electron chi connectivity index (χ1n) is 6.40. The van der Waals surface area contributed by atoms with E-state index in [-0.39, 0.29) is 0 Å². The molecule has 1 unspecified atom stereocenters. The lowest BCUT2D eigenvalue weighted by atomic mass is 10.0. The van der Waals surface area contributed by atoms with Crippen LogP contribution in [-0.4, -0.2) is 12.0 Å². The van der Waals surface area contributed by atoms with Gasteiger partial charge >= 0.3 is 0 Å². The molecular formula is C16H16N2S. The summed E-state index contributed by atoms with van der Waals surface area (Å²) in [6.45, 7) is 0. The molecule has 0 aliphatic rings. The first-order valence-corrected chi connectivity index (χ1v) is 7.34. The van der Waals surface area contributed by atoms with E-state index in [1.807, 2.05) is 25.4 Å². The van der Waals surface area contributed by atoms with Crippen LogP contribution in [0.2, 0.25) is 0 Å². The van der Waals surface area contributed by atoms with Gasteiger partial charge < -0.3 is 5.32 Å². The average molecular weight is 268 g/mol. The summed E-state index contributed by atoms with van der Waals surface area (Å²) in [5.41, 5.74) is 3.67. The molecule has 3 rings (SSSR count). The summed E-state index contributed by atoms with van der Waals surface area (Å²) in [6.07, 6.45) is 2.98. The number of nitrogens with one attached hydrogen (secondary N) is 1. The number of rotatable bonds is 4. The van der Waals surface area contributed by atoms with E-state index in [2.05, 4.69) is 45.3 Å². The highest BCUT2D eigenvalue weighted by Gasteiger charge is 2.11. The van der Waals surface area contributed by atoms with Gasteiger partial charge in [0, 0.05) is 17.6 Å². The molecule has 0 saturated heterocycles. The molecule has 2 nitrogen and oxygen atoms in total. The number of aromatic nitrogens is 1. The van der Waals surface area contributed by atoms with E-state index in [1.54, 1.807) is 11.3 Å². The normalized spacial score (nSPS) is 12.7. The summed E-state index contributed by atoms with van der Waals surface area (Å²) >= 11 is 1.75. The van der Waals surface area contributed by atoms with Gasteiger partial charge in [-0.1, -0.05) is 18.2 Å². The maximum atomic E-state index is 4.54. The monoisotopic (exact) mass is 268 g/mol. The van der Waals surface area contributed by atoms with Crippen molar-refractivity contribution >= 4 is 22.2 Å². The Hall–Kier alpha value is -1.71. The number of thiophene rings is 1. The summed E-state index contributed by atoms with van der Waals surface area (Å²) < 4.78 is 0. The van der Waals surface area contributed by atoms with Gasteiger partial charge in [0.25, 0.3) is 0 Å². The van der Waals surface area contributed by atoms with E-state index < -0.39 is 0 Å². The standard InChI is InChI=1S/C16H16N2S/c1-17-16(8-12-6-7-19-11-12)14-9-13-4-2-3-5-15(13)18-10-14/h2-7,9-11,16-17H,8H2,1H3. The molecule has 1 atom stereocenters. The van der Waals surface area contributed by atoms with Gasteiger partial charge in [-0.05, 0) is 53.6 Å². The number of nitrogens with zero attached hydrogens (tertiary/aromatic N) is 1. The molecule has 0 aliphatic carbocycles. The van der Waals surface area contributed by atoms with Crippen molar-refractivity contribution in [2.45, 2.75) is 12.5 Å². The number of fused-ring (bicyclic) bond motifs is 1. The lowest BCUT2D eigenvalue weighted by Crippen LogP contribution is -2.18. The Morgan fingerprint density at radius 3 is 2.95 bits per heavy atom. The van der Waals surface area contributed by atoms with Gasteiger partial charge in [0.2, 0.25) is 0 Å². The highest BCUT2D eigenvalue weighted by molar-refractivity contribution is 7.07. The van der Waals surface area contributed by atoms with Crippen LogP contribution in [0.5, 0.6) is 0 Å². The summed E-state index contributed by atoms with van der Waals surface area (Å²) in [7, 11) is 2.01. The minimum absolute atomic E-state index is 0.312. The number of pyridine rings is 1. The molecule has 2 heterocycles. The Morgan fingerprint density at radius 2 is 2.16 bits per heavy atom. The Bertz CT molecular complexity index is 661. The highest BCUT2D eigenvalue weighted by atomic mass is 32.1. The first-order chi connectivity index (χ1) is 9.36. The van der Waals surface area contributed by atoms with E-state index >= 15 is 0 Å². The van der Waals surface area contributed by atoms with Gasteiger partial charge in [0.1, 0.15) is 0 Å². The van der Waals surface area contributed by atoms with Crippen molar-refractivity contribution in [1.29, 1.82) is 0 Å². The third-order valence-corrected chi connectivity index (χ3v) is 4.11. The fourth-order valence-electron chi connectivity index (χ4n) is 2.31. The van der Waals surface area contributed by atoms with Crippen LogP contribution >= 0.6 is 11.3 Å². The first kappa shape index (κ1) is 12.3. The largest absolute Gasteiger partial charge is 0.313 e. The molecule has 0 amide bonds. The van der Waals surface area contributed by atoms with Crippen LogP contribution in [0.1, 0.15) is 17.2 Å². The van der Waals surface area contributed by atoms with Crippen LogP contribution in [0.25, 0.3) is 10.9 Å². The lowest BCUT2D eigenvalue weighted by Gasteiger charge is -2.16. The van der Waals surface area contributed by atoms with Crippen LogP contribution in [0.3, 0.4) is 0 Å². The third kappa shape index (κ3) is 2.67. The maximum absolute atomic E-state index is 4.54. The molecule has 0 spiro atoms. The molecule has 3 heteroatoms. The summed E-state index contributed by atoms with van der Waals surface area (Å²) in [4.78, 5) is 4.54. The van der Waals surface area contributed by atoms with Crippen molar-refractivity contribution in [3.8, 4) is 0 Å². The molecule has 96 valence electrons. The topological polar surface area (TPSA) is 24.9 Å².